The topological polar surface area (TPSA) is 76.7 Å². The maximum absolute atomic E-state index is 12.3. The number of benzene rings is 1. The molecule has 23 heavy (non-hydrogen) atoms. The molecule has 0 spiro atoms. The second-order valence-corrected chi connectivity index (χ2v) is 5.75. The molecule has 2 amide bonds. The largest absolute Gasteiger partial charge is 0.497 e. The average molecular weight is 359 g/mol. The Bertz CT molecular complexity index is 646. The van der Waals surface area contributed by atoms with E-state index in [4.69, 9.17) is 32.7 Å². The predicted molar refractivity (Wildman–Crippen MR) is 86.6 cm³/mol. The molecule has 6 nitrogen and oxygen atoms in total. The number of ether oxygens (including phenoxy) is 2. The van der Waals surface area contributed by atoms with Gasteiger partial charge in [-0.05, 0) is 24.6 Å². The minimum atomic E-state index is -1.08. The van der Waals surface area contributed by atoms with Gasteiger partial charge in [-0.3, -0.25) is 0 Å². The van der Waals surface area contributed by atoms with Crippen LogP contribution in [-0.2, 0) is 9.53 Å². The molecule has 0 bridgehead atoms. The molecule has 1 aliphatic rings. The molecule has 2 rings (SSSR count). The van der Waals surface area contributed by atoms with E-state index >= 15 is 0 Å². The average Bonchev–Trinajstić information content (AvgIpc) is 2.54. The first-order valence-corrected chi connectivity index (χ1v) is 7.76. The molecule has 1 aromatic rings. The number of urea groups is 1. The van der Waals surface area contributed by atoms with E-state index in [-0.39, 0.29) is 17.9 Å². The van der Waals surface area contributed by atoms with Gasteiger partial charge in [-0.25, -0.2) is 9.59 Å². The van der Waals surface area contributed by atoms with Crippen molar-refractivity contribution in [2.75, 3.05) is 13.7 Å². The molecular formula is C15H16Cl2N2O4. The van der Waals surface area contributed by atoms with Gasteiger partial charge in [-0.1, -0.05) is 35.3 Å². The van der Waals surface area contributed by atoms with Crippen LogP contribution in [0.2, 0.25) is 0 Å². The molecule has 1 heterocycles. The van der Waals surface area contributed by atoms with Crippen molar-refractivity contribution in [1.82, 2.24) is 10.6 Å². The third-order valence-electron chi connectivity index (χ3n) is 3.24. The lowest BCUT2D eigenvalue weighted by Crippen LogP contribution is -2.47. The number of nitrogens with one attached hydrogen (secondary N) is 2. The predicted octanol–water partition coefficient (Wildman–Crippen LogP) is 2.67. The van der Waals surface area contributed by atoms with Crippen LogP contribution in [0.4, 0.5) is 4.79 Å². The van der Waals surface area contributed by atoms with Gasteiger partial charge in [-0.15, -0.1) is 0 Å². The van der Waals surface area contributed by atoms with E-state index < -0.39 is 22.9 Å². The van der Waals surface area contributed by atoms with Crippen LogP contribution in [-0.4, -0.2) is 30.6 Å². The monoisotopic (exact) mass is 358 g/mol. The fourth-order valence-corrected chi connectivity index (χ4v) is 2.61. The summed E-state index contributed by atoms with van der Waals surface area (Å²) in [7, 11) is 1.53. The van der Waals surface area contributed by atoms with Gasteiger partial charge >= 0.3 is 12.0 Å². The molecule has 1 atom stereocenters. The highest BCUT2D eigenvalue weighted by Gasteiger charge is 2.35. The van der Waals surface area contributed by atoms with Crippen LogP contribution in [0.3, 0.4) is 0 Å². The van der Waals surface area contributed by atoms with Gasteiger partial charge < -0.3 is 20.1 Å². The molecule has 1 unspecified atom stereocenters. The number of methoxy groups -OCH3 is 1. The normalized spacial score (nSPS) is 17.6. The van der Waals surface area contributed by atoms with E-state index in [0.29, 0.717) is 11.3 Å². The van der Waals surface area contributed by atoms with Crippen LogP contribution < -0.4 is 15.4 Å². The van der Waals surface area contributed by atoms with Crippen molar-refractivity contribution in [2.24, 2.45) is 0 Å². The number of carbonyl (C=O) groups excluding carboxylic acids is 2. The highest BCUT2D eigenvalue weighted by molar-refractivity contribution is 6.46. The molecule has 0 saturated carbocycles. The lowest BCUT2D eigenvalue weighted by atomic mass is 9.95. The number of esters is 1. The van der Waals surface area contributed by atoms with E-state index in [1.807, 2.05) is 0 Å². The number of halogens is 2. The SMILES string of the molecule is CCOC(=O)C1=C(C(Cl)Cl)NC(=O)NC1c1cccc(OC)c1. The number of rotatable bonds is 5. The van der Waals surface area contributed by atoms with Gasteiger partial charge in [-0.2, -0.15) is 0 Å². The lowest BCUT2D eigenvalue weighted by Gasteiger charge is -2.29. The lowest BCUT2D eigenvalue weighted by molar-refractivity contribution is -0.139. The fourth-order valence-electron chi connectivity index (χ4n) is 2.26. The summed E-state index contributed by atoms with van der Waals surface area (Å²) in [6.07, 6.45) is 0. The fraction of sp³-hybridized carbons (Fsp3) is 0.333. The van der Waals surface area contributed by atoms with Crippen molar-refractivity contribution in [1.29, 1.82) is 0 Å². The minimum Gasteiger partial charge on any atom is -0.497 e. The van der Waals surface area contributed by atoms with Crippen molar-refractivity contribution in [2.45, 2.75) is 17.8 Å². The number of hydrogen-bond acceptors (Lipinski definition) is 4. The number of amides is 2. The molecule has 124 valence electrons. The Labute approximate surface area is 143 Å². The summed E-state index contributed by atoms with van der Waals surface area (Å²) in [5, 5.41) is 5.14. The summed E-state index contributed by atoms with van der Waals surface area (Å²) in [5.41, 5.74) is 0.923. The van der Waals surface area contributed by atoms with E-state index in [1.165, 1.54) is 7.11 Å². The van der Waals surface area contributed by atoms with Crippen molar-refractivity contribution in [3.05, 3.63) is 41.1 Å². The van der Waals surface area contributed by atoms with Crippen LogP contribution >= 0.6 is 23.2 Å². The molecule has 0 saturated heterocycles. The van der Waals surface area contributed by atoms with Gasteiger partial charge in [0.25, 0.3) is 0 Å². The molecule has 1 aromatic carbocycles. The molecule has 0 aliphatic carbocycles. The standard InChI is InChI=1S/C15H16Cl2N2O4/c1-3-23-14(20)10-11(8-5-4-6-9(7-8)22-2)18-15(21)19-12(10)13(16)17/h4-7,11,13H,3H2,1-2H3,(H2,18,19,21). The zero-order valence-corrected chi connectivity index (χ0v) is 14.1. The number of allylic oxidation sites excluding steroid dienone is 1. The van der Waals surface area contributed by atoms with E-state index in [1.54, 1.807) is 31.2 Å². The van der Waals surface area contributed by atoms with Crippen LogP contribution in [0.1, 0.15) is 18.5 Å². The quantitative estimate of drug-likeness (QED) is 0.626. The highest BCUT2D eigenvalue weighted by Crippen LogP contribution is 2.32. The van der Waals surface area contributed by atoms with Gasteiger partial charge in [0.15, 0.2) is 0 Å². The number of alkyl halides is 2. The Balaban J connectivity index is 2.54. The summed E-state index contributed by atoms with van der Waals surface area (Å²) in [5.74, 6) is -0.0116. The maximum Gasteiger partial charge on any atom is 0.338 e. The van der Waals surface area contributed by atoms with Crippen molar-refractivity contribution >= 4 is 35.2 Å². The first-order valence-electron chi connectivity index (χ1n) is 6.88. The Morgan fingerprint density at radius 1 is 1.39 bits per heavy atom. The smallest absolute Gasteiger partial charge is 0.338 e. The molecule has 0 radical (unpaired) electrons. The summed E-state index contributed by atoms with van der Waals surface area (Å²) < 4.78 is 10.2. The zero-order chi connectivity index (χ0) is 17.0. The minimum absolute atomic E-state index is 0.114. The van der Waals surface area contributed by atoms with E-state index in [0.717, 1.165) is 0 Å². The van der Waals surface area contributed by atoms with Gasteiger partial charge in [0.1, 0.15) is 10.6 Å². The molecule has 1 aliphatic heterocycles. The van der Waals surface area contributed by atoms with Crippen molar-refractivity contribution in [3.63, 3.8) is 0 Å². The van der Waals surface area contributed by atoms with E-state index in [9.17, 15) is 9.59 Å². The molecule has 2 N–H and O–H groups in total. The Morgan fingerprint density at radius 2 is 2.13 bits per heavy atom. The molecule has 8 heteroatoms. The van der Waals surface area contributed by atoms with Crippen molar-refractivity contribution in [3.8, 4) is 5.75 Å². The van der Waals surface area contributed by atoms with Crippen LogP contribution in [0.15, 0.2) is 35.5 Å². The Hall–Kier alpha value is -1.92. The second-order valence-electron chi connectivity index (χ2n) is 4.66. The van der Waals surface area contributed by atoms with Gasteiger partial charge in [0, 0.05) is 0 Å². The maximum atomic E-state index is 12.3. The second kappa shape index (κ2) is 7.57. The molecule has 0 aromatic heterocycles. The summed E-state index contributed by atoms with van der Waals surface area (Å²) in [6.45, 7) is 1.87. The van der Waals surface area contributed by atoms with Gasteiger partial charge in [0.05, 0.1) is 31.0 Å². The number of hydrogen-bond donors (Lipinski definition) is 2. The van der Waals surface area contributed by atoms with Crippen LogP contribution in [0.5, 0.6) is 5.75 Å². The number of carbonyl (C=O) groups is 2. The molecule has 0 fully saturated rings. The van der Waals surface area contributed by atoms with Gasteiger partial charge in [0.2, 0.25) is 0 Å². The summed E-state index contributed by atoms with van der Waals surface area (Å²) in [4.78, 5) is 23.1. The first kappa shape index (κ1) is 17.4. The summed E-state index contributed by atoms with van der Waals surface area (Å²) in [6, 6.07) is 5.73. The third-order valence-corrected chi connectivity index (χ3v) is 3.68. The zero-order valence-electron chi connectivity index (χ0n) is 12.6. The van der Waals surface area contributed by atoms with Crippen molar-refractivity contribution < 1.29 is 19.1 Å². The van der Waals surface area contributed by atoms with Crippen LogP contribution in [0, 0.1) is 0 Å². The van der Waals surface area contributed by atoms with E-state index in [2.05, 4.69) is 10.6 Å². The highest BCUT2D eigenvalue weighted by atomic mass is 35.5. The third kappa shape index (κ3) is 3.89. The Kier molecular flexibility index (Phi) is 5.74. The first-order chi connectivity index (χ1) is 11.0. The summed E-state index contributed by atoms with van der Waals surface area (Å²) >= 11 is 11.8. The molecular weight excluding hydrogens is 343 g/mol. The Morgan fingerprint density at radius 3 is 2.74 bits per heavy atom. The van der Waals surface area contributed by atoms with Crippen LogP contribution in [0.25, 0.3) is 0 Å².